The lowest BCUT2D eigenvalue weighted by Gasteiger charge is -2.20. The van der Waals surface area contributed by atoms with Crippen LogP contribution in [0.1, 0.15) is 25.7 Å². The summed E-state index contributed by atoms with van der Waals surface area (Å²) in [6, 6.07) is 0.0509. The fourth-order valence-electron chi connectivity index (χ4n) is 1.28. The smallest absolute Gasteiger partial charge is 0.216 e. The molecule has 1 radical (unpaired) electrons. The van der Waals surface area contributed by atoms with Gasteiger partial charge in [0.05, 0.1) is 0 Å². The lowest BCUT2D eigenvalue weighted by atomic mass is 9.96. The van der Waals surface area contributed by atoms with Crippen LogP contribution in [0.3, 0.4) is 0 Å². The number of nitrogens with two attached hydrogens (primary N) is 1. The van der Waals surface area contributed by atoms with E-state index in [2.05, 4.69) is 11.1 Å². The van der Waals surface area contributed by atoms with Gasteiger partial charge in [-0.3, -0.25) is 0 Å². The molecule has 0 atom stereocenters. The molecule has 0 aromatic rings. The van der Waals surface area contributed by atoms with Crippen molar-refractivity contribution in [2.75, 3.05) is 0 Å². The van der Waals surface area contributed by atoms with Gasteiger partial charge in [-0.15, -0.1) is 0 Å². The molecule has 1 aliphatic rings. The van der Waals surface area contributed by atoms with E-state index in [1.54, 1.807) is 0 Å². The lowest BCUT2D eigenvalue weighted by Crippen LogP contribution is -2.40. The maximum absolute atomic E-state index is 10.6. The molecule has 0 heterocycles. The zero-order valence-corrected chi connectivity index (χ0v) is 7.10. The predicted molar refractivity (Wildman–Crippen MR) is 42.8 cm³/mol. The van der Waals surface area contributed by atoms with E-state index in [1.807, 2.05) is 0 Å². The van der Waals surface area contributed by atoms with E-state index in [9.17, 15) is 8.42 Å². The highest BCUT2D eigenvalue weighted by atomic mass is 32.2. The Kier molecular flexibility index (Phi) is 2.86. The van der Waals surface area contributed by atoms with E-state index < -0.39 is 10.2 Å². The zero-order chi connectivity index (χ0) is 8.32. The van der Waals surface area contributed by atoms with E-state index in [1.165, 1.54) is 0 Å². The number of rotatable bonds is 2. The van der Waals surface area contributed by atoms with E-state index in [0.717, 1.165) is 25.7 Å². The van der Waals surface area contributed by atoms with E-state index in [4.69, 9.17) is 5.14 Å². The molecule has 1 saturated carbocycles. The normalized spacial score (nSPS) is 21.9. The number of nitrogens with one attached hydrogen (secondary N) is 1. The van der Waals surface area contributed by atoms with Crippen molar-refractivity contribution in [3.63, 3.8) is 0 Å². The predicted octanol–water partition coefficient (Wildman–Crippen LogP) is -0.0736. The Morgan fingerprint density at radius 2 is 1.91 bits per heavy atom. The van der Waals surface area contributed by atoms with Gasteiger partial charge in [0.25, 0.3) is 10.2 Å². The van der Waals surface area contributed by atoms with Crippen LogP contribution in [0.4, 0.5) is 0 Å². The van der Waals surface area contributed by atoms with Gasteiger partial charge in [0.2, 0.25) is 0 Å². The first kappa shape index (κ1) is 8.96. The topological polar surface area (TPSA) is 72.2 Å². The average Bonchev–Trinajstić information content (AvgIpc) is 1.85. The molecule has 11 heavy (non-hydrogen) atoms. The monoisotopic (exact) mass is 177 g/mol. The van der Waals surface area contributed by atoms with E-state index >= 15 is 0 Å². The summed E-state index contributed by atoms with van der Waals surface area (Å²) in [6.45, 7) is 0. The summed E-state index contributed by atoms with van der Waals surface area (Å²) in [5.41, 5.74) is 0. The second kappa shape index (κ2) is 3.51. The molecule has 0 aromatic carbocycles. The molecular formula is C6H13N2O2S. The quantitative estimate of drug-likeness (QED) is 0.619. The van der Waals surface area contributed by atoms with Crippen molar-refractivity contribution in [1.82, 2.24) is 4.72 Å². The van der Waals surface area contributed by atoms with Crippen LogP contribution in [0.5, 0.6) is 0 Å². The first-order chi connectivity index (χ1) is 5.08. The molecule has 0 aromatic heterocycles. The number of hydrogen-bond donors (Lipinski definition) is 2. The Balaban J connectivity index is 2.36. The molecule has 1 fully saturated rings. The molecule has 1 rings (SSSR count). The molecule has 0 spiro atoms. The highest BCUT2D eigenvalue weighted by molar-refractivity contribution is 7.87. The van der Waals surface area contributed by atoms with Gasteiger partial charge in [0.15, 0.2) is 0 Å². The second-order valence-corrected chi connectivity index (χ2v) is 4.13. The highest BCUT2D eigenvalue weighted by Gasteiger charge is 2.16. The molecule has 0 saturated heterocycles. The van der Waals surface area contributed by atoms with Crippen molar-refractivity contribution in [3.8, 4) is 0 Å². The van der Waals surface area contributed by atoms with Crippen molar-refractivity contribution >= 4 is 10.2 Å². The van der Waals surface area contributed by atoms with Gasteiger partial charge < -0.3 is 0 Å². The third-order valence-electron chi connectivity index (χ3n) is 1.77. The summed E-state index contributed by atoms with van der Waals surface area (Å²) < 4.78 is 23.5. The minimum atomic E-state index is -3.49. The van der Waals surface area contributed by atoms with Crippen LogP contribution in [-0.2, 0) is 10.2 Å². The average molecular weight is 177 g/mol. The van der Waals surface area contributed by atoms with Crippen LogP contribution in [0.2, 0.25) is 0 Å². The van der Waals surface area contributed by atoms with Crippen LogP contribution in [-0.4, -0.2) is 14.5 Å². The van der Waals surface area contributed by atoms with Gasteiger partial charge in [-0.2, -0.15) is 13.1 Å². The van der Waals surface area contributed by atoms with Gasteiger partial charge in [0.1, 0.15) is 0 Å². The molecule has 0 bridgehead atoms. The first-order valence-corrected chi connectivity index (χ1v) is 5.24. The van der Waals surface area contributed by atoms with Gasteiger partial charge in [0, 0.05) is 6.04 Å². The molecule has 0 unspecified atom stereocenters. The van der Waals surface area contributed by atoms with Crippen LogP contribution in [0, 0.1) is 6.42 Å². The van der Waals surface area contributed by atoms with Crippen LogP contribution >= 0.6 is 0 Å². The van der Waals surface area contributed by atoms with Crippen LogP contribution < -0.4 is 9.86 Å². The van der Waals surface area contributed by atoms with Crippen LogP contribution in [0.25, 0.3) is 0 Å². The Morgan fingerprint density at radius 1 is 1.36 bits per heavy atom. The molecule has 1 aliphatic carbocycles. The summed E-state index contributed by atoms with van der Waals surface area (Å²) in [5, 5.41) is 4.82. The minimum Gasteiger partial charge on any atom is -0.216 e. The van der Waals surface area contributed by atoms with Crippen molar-refractivity contribution in [2.45, 2.75) is 31.7 Å². The van der Waals surface area contributed by atoms with E-state index in [0.29, 0.717) is 0 Å². The fourth-order valence-corrected chi connectivity index (χ4v) is 1.98. The summed E-state index contributed by atoms with van der Waals surface area (Å²) in [7, 11) is -3.49. The maximum atomic E-state index is 10.6. The van der Waals surface area contributed by atoms with Gasteiger partial charge >= 0.3 is 0 Å². The molecule has 3 N–H and O–H groups in total. The van der Waals surface area contributed by atoms with Crippen molar-refractivity contribution < 1.29 is 8.42 Å². The third-order valence-corrected chi connectivity index (χ3v) is 2.43. The molecular weight excluding hydrogens is 164 g/mol. The molecule has 0 aliphatic heterocycles. The second-order valence-electron chi connectivity index (χ2n) is 2.80. The van der Waals surface area contributed by atoms with Crippen molar-refractivity contribution in [3.05, 3.63) is 6.42 Å². The minimum absolute atomic E-state index is 0.0509. The molecule has 4 nitrogen and oxygen atoms in total. The van der Waals surface area contributed by atoms with Crippen molar-refractivity contribution in [2.24, 2.45) is 5.14 Å². The highest BCUT2D eigenvalue weighted by Crippen LogP contribution is 2.16. The number of hydrogen-bond acceptors (Lipinski definition) is 2. The summed E-state index contributed by atoms with van der Waals surface area (Å²) in [4.78, 5) is 0. The lowest BCUT2D eigenvalue weighted by molar-refractivity contribution is 0.462. The largest absolute Gasteiger partial charge is 0.274 e. The standard InChI is InChI=1S/C6H13N2O2S/c7-11(9,10)8-6-4-2-1-3-5-6/h1,6,8H,2-5H2,(H2,7,9,10). The third kappa shape index (κ3) is 3.69. The maximum Gasteiger partial charge on any atom is 0.274 e. The Bertz CT molecular complexity index is 207. The zero-order valence-electron chi connectivity index (χ0n) is 6.29. The molecule has 0 amide bonds. The Hall–Kier alpha value is -0.130. The van der Waals surface area contributed by atoms with Gasteiger partial charge in [-0.05, 0) is 32.1 Å². The van der Waals surface area contributed by atoms with Crippen LogP contribution in [0.15, 0.2) is 0 Å². The summed E-state index contributed by atoms with van der Waals surface area (Å²) in [5.74, 6) is 0. The van der Waals surface area contributed by atoms with E-state index in [-0.39, 0.29) is 6.04 Å². The fraction of sp³-hybridized carbons (Fsp3) is 0.833. The SMILES string of the molecule is NS(=O)(=O)NC1CC[CH]CC1. The Morgan fingerprint density at radius 3 is 2.36 bits per heavy atom. The molecule has 65 valence electrons. The molecule has 5 heteroatoms. The summed E-state index contributed by atoms with van der Waals surface area (Å²) in [6.07, 6.45) is 5.87. The van der Waals surface area contributed by atoms with Gasteiger partial charge in [-0.1, -0.05) is 0 Å². The van der Waals surface area contributed by atoms with Gasteiger partial charge in [-0.25, -0.2) is 5.14 Å². The van der Waals surface area contributed by atoms with Crippen molar-refractivity contribution in [1.29, 1.82) is 0 Å². The first-order valence-electron chi connectivity index (χ1n) is 3.69. The Labute approximate surface area is 67.3 Å². The summed E-state index contributed by atoms with van der Waals surface area (Å²) >= 11 is 0.